The van der Waals surface area contributed by atoms with Crippen LogP contribution in [0.5, 0.6) is 0 Å². The highest BCUT2D eigenvalue weighted by molar-refractivity contribution is 5.99. The van der Waals surface area contributed by atoms with E-state index in [1.807, 2.05) is 30.0 Å². The SMILES string of the molecule is Cc1nc2c(C)cccc2cc1C(=O)N1CCCC(N(C)CCCN(C)C)C1. The lowest BCUT2D eigenvalue weighted by Crippen LogP contribution is -2.49. The van der Waals surface area contributed by atoms with Crippen molar-refractivity contribution in [2.45, 2.75) is 39.2 Å². The van der Waals surface area contributed by atoms with Crippen molar-refractivity contribution < 1.29 is 4.79 Å². The van der Waals surface area contributed by atoms with Crippen LogP contribution in [0.15, 0.2) is 24.3 Å². The summed E-state index contributed by atoms with van der Waals surface area (Å²) in [6.45, 7) is 7.84. The van der Waals surface area contributed by atoms with Crippen molar-refractivity contribution in [1.82, 2.24) is 19.7 Å². The first-order chi connectivity index (χ1) is 13.4. The van der Waals surface area contributed by atoms with E-state index in [-0.39, 0.29) is 5.91 Å². The predicted octanol–water partition coefficient (Wildman–Crippen LogP) is 3.34. The summed E-state index contributed by atoms with van der Waals surface area (Å²) in [5.41, 5.74) is 3.72. The average Bonchev–Trinajstić information content (AvgIpc) is 2.67. The zero-order chi connectivity index (χ0) is 20.3. The first-order valence-electron chi connectivity index (χ1n) is 10.4. The summed E-state index contributed by atoms with van der Waals surface area (Å²) in [7, 11) is 6.42. The van der Waals surface area contributed by atoms with Crippen molar-refractivity contribution in [3.63, 3.8) is 0 Å². The molecular formula is C23H34N4O. The van der Waals surface area contributed by atoms with Crippen molar-refractivity contribution in [1.29, 1.82) is 0 Å². The molecule has 0 bridgehead atoms. The molecule has 5 nitrogen and oxygen atoms in total. The number of nitrogens with zero attached hydrogens (tertiary/aromatic N) is 4. The van der Waals surface area contributed by atoms with Crippen LogP contribution >= 0.6 is 0 Å². The number of hydrogen-bond donors (Lipinski definition) is 0. The van der Waals surface area contributed by atoms with Crippen LogP contribution in [0.25, 0.3) is 10.9 Å². The van der Waals surface area contributed by atoms with Crippen LogP contribution < -0.4 is 0 Å². The molecule has 1 unspecified atom stereocenters. The first kappa shape index (κ1) is 20.7. The van der Waals surface area contributed by atoms with E-state index in [4.69, 9.17) is 4.98 Å². The number of aromatic nitrogens is 1. The molecule has 1 aromatic heterocycles. The molecule has 28 heavy (non-hydrogen) atoms. The Morgan fingerprint density at radius 1 is 1.21 bits per heavy atom. The molecule has 1 atom stereocenters. The summed E-state index contributed by atoms with van der Waals surface area (Å²) in [5, 5.41) is 1.04. The van der Waals surface area contributed by atoms with Gasteiger partial charge in [-0.05, 0) is 79.0 Å². The summed E-state index contributed by atoms with van der Waals surface area (Å²) in [5.74, 6) is 0.125. The number of hydrogen-bond acceptors (Lipinski definition) is 4. The molecule has 2 heterocycles. The fourth-order valence-corrected chi connectivity index (χ4v) is 4.14. The minimum Gasteiger partial charge on any atom is -0.337 e. The van der Waals surface area contributed by atoms with E-state index in [1.54, 1.807) is 0 Å². The van der Waals surface area contributed by atoms with E-state index >= 15 is 0 Å². The maximum Gasteiger partial charge on any atom is 0.255 e. The molecule has 0 spiro atoms. The summed E-state index contributed by atoms with van der Waals surface area (Å²) in [6.07, 6.45) is 3.38. The number of likely N-dealkylation sites (N-methyl/N-ethyl adjacent to an activating group) is 1. The smallest absolute Gasteiger partial charge is 0.255 e. The lowest BCUT2D eigenvalue weighted by atomic mass is 10.0. The van der Waals surface area contributed by atoms with E-state index in [9.17, 15) is 4.79 Å². The molecular weight excluding hydrogens is 348 g/mol. The second-order valence-corrected chi connectivity index (χ2v) is 8.45. The standard InChI is InChI=1S/C23H34N4O/c1-17-9-6-10-19-15-21(18(2)24-22(17)19)23(28)27-14-7-11-20(16-27)26(5)13-8-12-25(3)4/h6,9-10,15,20H,7-8,11-14,16H2,1-5H3. The second-order valence-electron chi connectivity index (χ2n) is 8.45. The van der Waals surface area contributed by atoms with Gasteiger partial charge in [-0.1, -0.05) is 18.2 Å². The van der Waals surface area contributed by atoms with Gasteiger partial charge in [-0.25, -0.2) is 0 Å². The Morgan fingerprint density at radius 2 is 2.00 bits per heavy atom. The lowest BCUT2D eigenvalue weighted by Gasteiger charge is -2.38. The average molecular weight is 383 g/mol. The number of rotatable bonds is 6. The number of amides is 1. The molecule has 2 aromatic rings. The monoisotopic (exact) mass is 382 g/mol. The van der Waals surface area contributed by atoms with Crippen molar-refractivity contribution >= 4 is 16.8 Å². The number of pyridine rings is 1. The van der Waals surface area contributed by atoms with Gasteiger partial charge >= 0.3 is 0 Å². The molecule has 3 rings (SSSR count). The first-order valence-corrected chi connectivity index (χ1v) is 10.4. The molecule has 1 amide bonds. The van der Waals surface area contributed by atoms with Gasteiger partial charge in [0.15, 0.2) is 0 Å². The van der Waals surface area contributed by atoms with Crippen molar-refractivity contribution in [3.05, 3.63) is 41.1 Å². The highest BCUT2D eigenvalue weighted by Crippen LogP contribution is 2.23. The van der Waals surface area contributed by atoms with Crippen LogP contribution in [0.3, 0.4) is 0 Å². The summed E-state index contributed by atoms with van der Waals surface area (Å²) in [4.78, 5) is 24.7. The fourth-order valence-electron chi connectivity index (χ4n) is 4.14. The Morgan fingerprint density at radius 3 is 2.75 bits per heavy atom. The van der Waals surface area contributed by atoms with Crippen LogP contribution in [-0.2, 0) is 0 Å². The third-order valence-electron chi connectivity index (χ3n) is 5.89. The second kappa shape index (κ2) is 9.01. The van der Waals surface area contributed by atoms with E-state index in [1.165, 1.54) is 0 Å². The van der Waals surface area contributed by atoms with E-state index < -0.39 is 0 Å². The van der Waals surface area contributed by atoms with Gasteiger partial charge in [0, 0.05) is 24.5 Å². The van der Waals surface area contributed by atoms with Gasteiger partial charge in [-0.3, -0.25) is 9.78 Å². The van der Waals surface area contributed by atoms with Crippen LogP contribution in [0.4, 0.5) is 0 Å². The Labute approximate surface area is 169 Å². The molecule has 1 aliphatic heterocycles. The Kier molecular flexibility index (Phi) is 6.68. The van der Waals surface area contributed by atoms with Crippen molar-refractivity contribution in [2.24, 2.45) is 0 Å². The van der Waals surface area contributed by atoms with Gasteiger partial charge < -0.3 is 14.7 Å². The number of carbonyl (C=O) groups excluding carboxylic acids is 1. The molecule has 5 heteroatoms. The normalized spacial score (nSPS) is 17.7. The predicted molar refractivity (Wildman–Crippen MR) is 116 cm³/mol. The number of benzene rings is 1. The third-order valence-corrected chi connectivity index (χ3v) is 5.89. The van der Waals surface area contributed by atoms with Gasteiger partial charge in [0.25, 0.3) is 5.91 Å². The zero-order valence-electron chi connectivity index (χ0n) is 18.0. The highest BCUT2D eigenvalue weighted by atomic mass is 16.2. The van der Waals surface area contributed by atoms with Crippen molar-refractivity contribution in [2.75, 3.05) is 47.3 Å². The van der Waals surface area contributed by atoms with Gasteiger partial charge in [-0.15, -0.1) is 0 Å². The number of likely N-dealkylation sites (tertiary alicyclic amines) is 1. The van der Waals surface area contributed by atoms with Crippen LogP contribution in [-0.4, -0.2) is 79.0 Å². The highest BCUT2D eigenvalue weighted by Gasteiger charge is 2.28. The van der Waals surface area contributed by atoms with E-state index in [2.05, 4.69) is 43.9 Å². The molecule has 0 saturated carbocycles. The van der Waals surface area contributed by atoms with Gasteiger partial charge in [0.1, 0.15) is 0 Å². The fraction of sp³-hybridized carbons (Fsp3) is 0.565. The van der Waals surface area contributed by atoms with Crippen LogP contribution in [0, 0.1) is 13.8 Å². The van der Waals surface area contributed by atoms with Crippen LogP contribution in [0.1, 0.15) is 40.9 Å². The number of aryl methyl sites for hydroxylation is 2. The number of fused-ring (bicyclic) bond motifs is 1. The lowest BCUT2D eigenvalue weighted by molar-refractivity contribution is 0.0606. The van der Waals surface area contributed by atoms with E-state index in [0.29, 0.717) is 6.04 Å². The Hall–Kier alpha value is -1.98. The maximum absolute atomic E-state index is 13.3. The van der Waals surface area contributed by atoms with Crippen LogP contribution in [0.2, 0.25) is 0 Å². The summed E-state index contributed by atoms with van der Waals surface area (Å²) in [6, 6.07) is 8.61. The number of para-hydroxylation sites is 1. The Bertz CT molecular complexity index is 833. The van der Waals surface area contributed by atoms with Gasteiger partial charge in [-0.2, -0.15) is 0 Å². The minimum atomic E-state index is 0.125. The minimum absolute atomic E-state index is 0.125. The molecule has 1 aromatic carbocycles. The quantitative estimate of drug-likeness (QED) is 0.768. The van der Waals surface area contributed by atoms with Gasteiger partial charge in [0.2, 0.25) is 0 Å². The van der Waals surface area contributed by atoms with Gasteiger partial charge in [0.05, 0.1) is 16.8 Å². The van der Waals surface area contributed by atoms with E-state index in [0.717, 1.165) is 73.2 Å². The molecule has 0 N–H and O–H groups in total. The number of carbonyl (C=O) groups is 1. The van der Waals surface area contributed by atoms with Crippen molar-refractivity contribution in [3.8, 4) is 0 Å². The number of piperidine rings is 1. The third kappa shape index (κ3) is 4.70. The molecule has 152 valence electrons. The molecule has 1 fully saturated rings. The largest absolute Gasteiger partial charge is 0.337 e. The molecule has 0 radical (unpaired) electrons. The summed E-state index contributed by atoms with van der Waals surface area (Å²) < 4.78 is 0. The molecule has 0 aliphatic carbocycles. The Balaban J connectivity index is 1.72. The molecule has 1 saturated heterocycles. The molecule has 1 aliphatic rings. The maximum atomic E-state index is 13.3. The zero-order valence-corrected chi connectivity index (χ0v) is 18.0. The summed E-state index contributed by atoms with van der Waals surface area (Å²) >= 11 is 0. The topological polar surface area (TPSA) is 39.7 Å².